The predicted molar refractivity (Wildman–Crippen MR) is 246 cm³/mol. The zero-order valence-corrected chi connectivity index (χ0v) is 32.4. The first-order valence-corrected chi connectivity index (χ1v) is 20.3. The highest BCUT2D eigenvalue weighted by Gasteiger charge is 2.32. The van der Waals surface area contributed by atoms with Crippen molar-refractivity contribution in [2.75, 3.05) is 10.2 Å². The van der Waals surface area contributed by atoms with E-state index in [0.717, 1.165) is 12.8 Å². The highest BCUT2D eigenvalue weighted by molar-refractivity contribution is 6.22. The van der Waals surface area contributed by atoms with Crippen molar-refractivity contribution < 1.29 is 0 Å². The van der Waals surface area contributed by atoms with Gasteiger partial charge in [-0.05, 0) is 137 Å². The van der Waals surface area contributed by atoms with Gasteiger partial charge in [0.1, 0.15) is 6.17 Å². The lowest BCUT2D eigenvalue weighted by molar-refractivity contribution is 0.795. The number of para-hydroxylation sites is 3. The van der Waals surface area contributed by atoms with Gasteiger partial charge in [0.15, 0.2) is 0 Å². The predicted octanol–water partition coefficient (Wildman–Crippen LogP) is 15.4. The van der Waals surface area contributed by atoms with E-state index in [0.29, 0.717) is 0 Å². The summed E-state index contributed by atoms with van der Waals surface area (Å²) in [6.07, 6.45) is 6.77. The van der Waals surface area contributed by atoms with Crippen LogP contribution in [0.3, 0.4) is 0 Å². The lowest BCUT2D eigenvalue weighted by Gasteiger charge is -2.30. The Morgan fingerprint density at radius 2 is 0.982 bits per heavy atom. The van der Waals surface area contributed by atoms with Gasteiger partial charge in [0.25, 0.3) is 0 Å². The maximum Gasteiger partial charge on any atom is 0.126 e. The summed E-state index contributed by atoms with van der Waals surface area (Å²) in [5.74, 6) is 0. The first-order valence-electron chi connectivity index (χ1n) is 20.3. The van der Waals surface area contributed by atoms with Crippen LogP contribution in [0.5, 0.6) is 0 Å². The maximum absolute atomic E-state index is 3.85. The second-order valence-electron chi connectivity index (χ2n) is 14.9. The molecule has 0 saturated heterocycles. The quantitative estimate of drug-likeness (QED) is 0.177. The fraction of sp³-hybridized carbons (Fsp3) is 0.0909. The third-order valence-corrected chi connectivity index (χ3v) is 11.8. The molecule has 2 heteroatoms. The van der Waals surface area contributed by atoms with Crippen molar-refractivity contribution in [2.24, 2.45) is 0 Å². The second kappa shape index (κ2) is 14.6. The topological polar surface area (TPSA) is 15.3 Å². The van der Waals surface area contributed by atoms with Crippen molar-refractivity contribution in [1.82, 2.24) is 0 Å². The first kappa shape index (κ1) is 34.6. The van der Waals surface area contributed by atoms with Crippen LogP contribution in [-0.4, -0.2) is 6.17 Å². The Balaban J connectivity index is 0.00000195. The number of allylic oxidation sites excluding steroid dienone is 3. The SMILES string of the molecule is C1=C(c2ccc3c(-c4ccc5ccccc5c4)c4ccccc4c(-c4ccc5ccccc5c4)c3c2)CCC(C2Nc3ccccc3N2c2ccccc2)=C1.CC. The molecule has 274 valence electrons. The largest absolute Gasteiger partial charge is 0.360 e. The molecule has 11 rings (SSSR count). The second-order valence-corrected chi connectivity index (χ2v) is 14.9. The van der Waals surface area contributed by atoms with E-state index < -0.39 is 0 Å². The molecule has 1 unspecified atom stereocenters. The summed E-state index contributed by atoms with van der Waals surface area (Å²) in [6.45, 7) is 4.00. The molecule has 0 bridgehead atoms. The molecule has 1 N–H and O–H groups in total. The molecule has 1 heterocycles. The number of nitrogens with one attached hydrogen (secondary N) is 1. The summed E-state index contributed by atoms with van der Waals surface area (Å²) in [5.41, 5.74) is 12.7. The molecular formula is C55H44N2. The smallest absolute Gasteiger partial charge is 0.126 e. The fourth-order valence-electron chi connectivity index (χ4n) is 9.10. The van der Waals surface area contributed by atoms with Crippen molar-refractivity contribution in [1.29, 1.82) is 0 Å². The van der Waals surface area contributed by atoms with E-state index in [-0.39, 0.29) is 6.17 Å². The van der Waals surface area contributed by atoms with Gasteiger partial charge in [-0.2, -0.15) is 0 Å². The molecular weight excluding hydrogens is 689 g/mol. The normalized spacial score (nSPS) is 14.8. The summed E-state index contributed by atoms with van der Waals surface area (Å²) in [5, 5.41) is 14.0. The summed E-state index contributed by atoms with van der Waals surface area (Å²) in [4.78, 5) is 2.45. The number of nitrogens with zero attached hydrogens (tertiary/aromatic N) is 1. The van der Waals surface area contributed by atoms with Gasteiger partial charge in [0.05, 0.1) is 11.4 Å². The Bertz CT molecular complexity index is 3030. The van der Waals surface area contributed by atoms with Crippen LogP contribution in [0.15, 0.2) is 200 Å². The van der Waals surface area contributed by atoms with Gasteiger partial charge in [-0.1, -0.05) is 166 Å². The van der Waals surface area contributed by atoms with E-state index in [1.54, 1.807) is 0 Å². The zero-order chi connectivity index (χ0) is 38.3. The van der Waals surface area contributed by atoms with E-state index >= 15 is 0 Å². The van der Waals surface area contributed by atoms with Gasteiger partial charge in [-0.15, -0.1) is 0 Å². The lowest BCUT2D eigenvalue weighted by Crippen LogP contribution is -2.34. The maximum atomic E-state index is 3.85. The van der Waals surface area contributed by atoms with Gasteiger partial charge >= 0.3 is 0 Å². The van der Waals surface area contributed by atoms with Crippen molar-refractivity contribution in [2.45, 2.75) is 32.9 Å². The Hall–Kier alpha value is -6.90. The number of benzene rings is 9. The molecule has 2 aliphatic rings. The van der Waals surface area contributed by atoms with Gasteiger partial charge in [-0.25, -0.2) is 0 Å². The van der Waals surface area contributed by atoms with Crippen molar-refractivity contribution in [3.8, 4) is 22.3 Å². The van der Waals surface area contributed by atoms with Crippen LogP contribution < -0.4 is 10.2 Å². The highest BCUT2D eigenvalue weighted by atomic mass is 15.3. The minimum absolute atomic E-state index is 0.0737. The van der Waals surface area contributed by atoms with Gasteiger partial charge < -0.3 is 10.2 Å². The summed E-state index contributed by atoms with van der Waals surface area (Å²) >= 11 is 0. The Morgan fingerprint density at radius 3 is 1.63 bits per heavy atom. The highest BCUT2D eigenvalue weighted by Crippen LogP contribution is 2.47. The Kier molecular flexibility index (Phi) is 8.88. The third kappa shape index (κ3) is 6.06. The molecule has 9 aromatic carbocycles. The van der Waals surface area contributed by atoms with Gasteiger partial charge in [0, 0.05) is 5.69 Å². The summed E-state index contributed by atoms with van der Waals surface area (Å²) < 4.78 is 0. The molecule has 1 aliphatic carbocycles. The van der Waals surface area contributed by atoms with Crippen LogP contribution in [0.1, 0.15) is 32.3 Å². The van der Waals surface area contributed by atoms with Crippen LogP contribution in [0.25, 0.3) is 70.9 Å². The number of hydrogen-bond acceptors (Lipinski definition) is 2. The van der Waals surface area contributed by atoms with Crippen LogP contribution in [0, 0.1) is 0 Å². The minimum atomic E-state index is 0.0737. The molecule has 0 saturated carbocycles. The molecule has 9 aromatic rings. The molecule has 0 amide bonds. The van der Waals surface area contributed by atoms with Crippen molar-refractivity contribution in [3.63, 3.8) is 0 Å². The van der Waals surface area contributed by atoms with Crippen LogP contribution >= 0.6 is 0 Å². The standard InChI is InChI=1S/C53H38N2.C2H6/c1-2-16-44(17-3-1)55-50-21-11-10-20-49(50)54-53(55)38-26-22-37(23-27-38)41-30-31-47-48(34-41)52(43-29-25-36-13-5-7-15-40(36)33-43)46-19-9-8-18-45(46)51(47)42-28-24-35-12-4-6-14-39(35)32-42;1-2/h1-22,24-26,28-34,53-54H,23,27H2;1-2H3. The molecule has 0 radical (unpaired) electrons. The van der Waals surface area contributed by atoms with E-state index in [4.69, 9.17) is 0 Å². The number of rotatable bonds is 5. The van der Waals surface area contributed by atoms with E-state index in [1.165, 1.54) is 99.1 Å². The monoisotopic (exact) mass is 732 g/mol. The summed E-state index contributed by atoms with van der Waals surface area (Å²) in [6, 6.07) is 66.9. The van der Waals surface area contributed by atoms with Crippen LogP contribution in [-0.2, 0) is 0 Å². The lowest BCUT2D eigenvalue weighted by atomic mass is 9.83. The average Bonchev–Trinajstić information content (AvgIpc) is 3.68. The Morgan fingerprint density at radius 1 is 0.439 bits per heavy atom. The van der Waals surface area contributed by atoms with E-state index in [1.807, 2.05) is 13.8 Å². The molecule has 0 spiro atoms. The minimum Gasteiger partial charge on any atom is -0.360 e. The average molecular weight is 733 g/mol. The van der Waals surface area contributed by atoms with Crippen LogP contribution in [0.2, 0.25) is 0 Å². The number of fused-ring (bicyclic) bond motifs is 5. The van der Waals surface area contributed by atoms with Gasteiger partial charge in [0.2, 0.25) is 0 Å². The number of anilines is 3. The van der Waals surface area contributed by atoms with E-state index in [2.05, 4.69) is 204 Å². The van der Waals surface area contributed by atoms with Crippen molar-refractivity contribution >= 4 is 65.7 Å². The Labute approximate surface area is 335 Å². The molecule has 1 aliphatic heterocycles. The first-order chi connectivity index (χ1) is 28.3. The molecule has 0 aromatic heterocycles. The fourth-order valence-corrected chi connectivity index (χ4v) is 9.10. The third-order valence-electron chi connectivity index (χ3n) is 11.8. The van der Waals surface area contributed by atoms with Crippen molar-refractivity contribution in [3.05, 3.63) is 205 Å². The summed E-state index contributed by atoms with van der Waals surface area (Å²) in [7, 11) is 0. The molecule has 57 heavy (non-hydrogen) atoms. The zero-order valence-electron chi connectivity index (χ0n) is 32.4. The molecule has 2 nitrogen and oxygen atoms in total. The number of hydrogen-bond donors (Lipinski definition) is 1. The molecule has 1 atom stereocenters. The van der Waals surface area contributed by atoms with E-state index in [9.17, 15) is 0 Å². The van der Waals surface area contributed by atoms with Gasteiger partial charge in [-0.3, -0.25) is 0 Å². The van der Waals surface area contributed by atoms with Crippen LogP contribution in [0.4, 0.5) is 17.1 Å². The molecule has 0 fully saturated rings.